The second kappa shape index (κ2) is 5.03. The number of nitrogens with zero attached hydrogens (tertiary/aromatic N) is 1. The molecule has 8 heteroatoms. The van der Waals surface area contributed by atoms with E-state index < -0.39 is 53.4 Å². The third-order valence-corrected chi connectivity index (χ3v) is 4.23. The number of aromatic nitrogens is 1. The third-order valence-electron chi connectivity index (χ3n) is 4.23. The molecule has 1 saturated carbocycles. The fraction of sp³-hybridized carbons (Fsp3) is 0.643. The molecule has 0 radical (unpaired) electrons. The molecule has 0 spiro atoms. The van der Waals surface area contributed by atoms with E-state index in [1.165, 1.54) is 6.92 Å². The zero-order chi connectivity index (χ0) is 16.2. The number of halogens is 6. The van der Waals surface area contributed by atoms with E-state index in [1.807, 2.05) is 0 Å². The van der Waals surface area contributed by atoms with Gasteiger partial charge in [0, 0.05) is 25.0 Å². The Labute approximate surface area is 122 Å². The summed E-state index contributed by atoms with van der Waals surface area (Å²) in [7, 11) is 0. The molecule has 0 N–H and O–H groups in total. The molecule has 0 unspecified atom stereocenters. The zero-order valence-corrected chi connectivity index (χ0v) is 11.5. The summed E-state index contributed by atoms with van der Waals surface area (Å²) < 4.78 is 85.1. The first-order valence-corrected chi connectivity index (χ1v) is 6.89. The van der Waals surface area contributed by atoms with Gasteiger partial charge < -0.3 is 4.74 Å². The van der Waals surface area contributed by atoms with Crippen LogP contribution in [0.1, 0.15) is 48.5 Å². The largest absolute Gasteiger partial charge is 0.474 e. The van der Waals surface area contributed by atoms with Gasteiger partial charge in [0.15, 0.2) is 6.17 Å². The minimum absolute atomic E-state index is 0.0725. The van der Waals surface area contributed by atoms with Crippen LogP contribution in [0.3, 0.4) is 0 Å². The number of pyridine rings is 1. The molecule has 2 nitrogen and oxygen atoms in total. The Balaban J connectivity index is 2.04. The highest BCUT2D eigenvalue weighted by atomic mass is 19.4. The van der Waals surface area contributed by atoms with Crippen molar-refractivity contribution in [2.45, 2.75) is 56.5 Å². The van der Waals surface area contributed by atoms with Gasteiger partial charge >= 0.3 is 6.18 Å². The first-order chi connectivity index (χ1) is 10.2. The fourth-order valence-corrected chi connectivity index (χ4v) is 2.93. The molecule has 1 heterocycles. The molecule has 3 rings (SSSR count). The molecular formula is C14H13F6NO. The van der Waals surface area contributed by atoms with Crippen molar-refractivity contribution in [3.05, 3.63) is 22.9 Å². The zero-order valence-electron chi connectivity index (χ0n) is 11.5. The molecular weight excluding hydrogens is 312 g/mol. The molecule has 0 aliphatic heterocycles. The highest BCUT2D eigenvalue weighted by molar-refractivity contribution is 5.50. The molecule has 3 atom stereocenters. The average molecular weight is 325 g/mol. The number of hydrogen-bond acceptors (Lipinski definition) is 2. The van der Waals surface area contributed by atoms with Crippen molar-refractivity contribution in [2.75, 3.05) is 0 Å². The summed E-state index contributed by atoms with van der Waals surface area (Å²) in [5.74, 6) is -1.61. The molecule has 2 aliphatic carbocycles. The van der Waals surface area contributed by atoms with Crippen molar-refractivity contribution in [1.82, 2.24) is 4.98 Å². The minimum Gasteiger partial charge on any atom is -0.474 e. The second-order valence-corrected chi connectivity index (χ2v) is 5.75. The second-order valence-electron chi connectivity index (χ2n) is 5.75. The van der Waals surface area contributed by atoms with Gasteiger partial charge in [-0.1, -0.05) is 6.92 Å². The van der Waals surface area contributed by atoms with Crippen LogP contribution in [0.2, 0.25) is 0 Å². The van der Waals surface area contributed by atoms with Crippen molar-refractivity contribution in [1.29, 1.82) is 0 Å². The van der Waals surface area contributed by atoms with E-state index in [0.29, 0.717) is 6.20 Å². The molecule has 0 amide bonds. The van der Waals surface area contributed by atoms with Gasteiger partial charge in [-0.25, -0.2) is 18.2 Å². The van der Waals surface area contributed by atoms with Crippen molar-refractivity contribution in [2.24, 2.45) is 0 Å². The molecule has 0 bridgehead atoms. The van der Waals surface area contributed by atoms with Crippen LogP contribution in [0.5, 0.6) is 5.88 Å². The maximum absolute atomic E-state index is 14.1. The van der Waals surface area contributed by atoms with Gasteiger partial charge in [-0.05, 0) is 5.56 Å². The van der Waals surface area contributed by atoms with Crippen LogP contribution in [0.25, 0.3) is 0 Å². The quantitative estimate of drug-likeness (QED) is 0.750. The van der Waals surface area contributed by atoms with Crippen LogP contribution >= 0.6 is 0 Å². The van der Waals surface area contributed by atoms with Crippen LogP contribution in [-0.2, 0) is 6.18 Å². The lowest BCUT2D eigenvalue weighted by Gasteiger charge is -2.30. The Hall–Kier alpha value is -1.47. The van der Waals surface area contributed by atoms with E-state index in [-0.39, 0.29) is 18.7 Å². The summed E-state index contributed by atoms with van der Waals surface area (Å²) >= 11 is 0. The molecule has 1 aromatic heterocycles. The van der Waals surface area contributed by atoms with Crippen LogP contribution < -0.4 is 4.74 Å². The van der Waals surface area contributed by atoms with Gasteiger partial charge in [0.1, 0.15) is 18.4 Å². The molecule has 2 aliphatic rings. The highest BCUT2D eigenvalue weighted by Gasteiger charge is 2.48. The molecule has 0 aromatic carbocycles. The fourth-order valence-electron chi connectivity index (χ4n) is 2.93. The summed E-state index contributed by atoms with van der Waals surface area (Å²) in [6.45, 7) is 1.20. The van der Waals surface area contributed by atoms with Crippen LogP contribution in [0.4, 0.5) is 26.3 Å². The summed E-state index contributed by atoms with van der Waals surface area (Å²) in [6.07, 6.45) is -10.00. The maximum atomic E-state index is 14.1. The van der Waals surface area contributed by atoms with E-state index in [9.17, 15) is 26.3 Å². The predicted octanol–water partition coefficient (Wildman–Crippen LogP) is 4.45. The Kier molecular flexibility index (Phi) is 3.52. The van der Waals surface area contributed by atoms with Gasteiger partial charge in [0.2, 0.25) is 5.88 Å². The lowest BCUT2D eigenvalue weighted by Crippen LogP contribution is -2.35. The highest BCUT2D eigenvalue weighted by Crippen LogP contribution is 2.52. The SMILES string of the molecule is C[C@H]1c2c(C(F)(F)F)cnc(OC3CC(F)C3)c2[C@@H](F)[C@H]1F. The molecule has 0 saturated heterocycles. The standard InChI is InChI=1S/C14H13F6NO/c1-5-9-8(14(18,19)20)4-21-13(10(9)12(17)11(5)16)22-7-2-6(15)3-7/h4-7,11-12H,2-3H2,1H3/t5-,6?,7?,11-,12+/m0/s1. The van der Waals surface area contributed by atoms with E-state index in [1.54, 1.807) is 0 Å². The maximum Gasteiger partial charge on any atom is 0.418 e. The Morgan fingerprint density at radius 3 is 2.32 bits per heavy atom. The Morgan fingerprint density at radius 1 is 1.14 bits per heavy atom. The third kappa shape index (κ3) is 2.32. The summed E-state index contributed by atoms with van der Waals surface area (Å²) in [4.78, 5) is 3.51. The van der Waals surface area contributed by atoms with Crippen LogP contribution in [-0.4, -0.2) is 23.4 Å². The lowest BCUT2D eigenvalue weighted by atomic mass is 9.93. The summed E-state index contributed by atoms with van der Waals surface area (Å²) in [6, 6.07) is 0. The van der Waals surface area contributed by atoms with E-state index in [0.717, 1.165) is 0 Å². The Morgan fingerprint density at radius 2 is 1.77 bits per heavy atom. The van der Waals surface area contributed by atoms with Crippen molar-refractivity contribution < 1.29 is 31.1 Å². The van der Waals surface area contributed by atoms with Crippen molar-refractivity contribution in [3.63, 3.8) is 0 Å². The monoisotopic (exact) mass is 325 g/mol. The number of alkyl halides is 6. The van der Waals surface area contributed by atoms with Gasteiger partial charge in [-0.3, -0.25) is 0 Å². The van der Waals surface area contributed by atoms with Crippen molar-refractivity contribution in [3.8, 4) is 5.88 Å². The smallest absolute Gasteiger partial charge is 0.418 e. The number of rotatable bonds is 2. The van der Waals surface area contributed by atoms with Gasteiger partial charge in [-0.15, -0.1) is 0 Å². The number of fused-ring (bicyclic) bond motifs is 1. The normalized spacial score (nSPS) is 34.2. The average Bonchev–Trinajstić information content (AvgIpc) is 2.62. The van der Waals surface area contributed by atoms with Gasteiger partial charge in [-0.2, -0.15) is 13.2 Å². The molecule has 1 aromatic rings. The summed E-state index contributed by atoms with van der Waals surface area (Å²) in [5, 5.41) is 0. The topological polar surface area (TPSA) is 22.1 Å². The number of hydrogen-bond donors (Lipinski definition) is 0. The van der Waals surface area contributed by atoms with E-state index in [2.05, 4.69) is 4.98 Å². The van der Waals surface area contributed by atoms with Crippen LogP contribution in [0, 0.1) is 0 Å². The first-order valence-electron chi connectivity index (χ1n) is 6.89. The van der Waals surface area contributed by atoms with E-state index >= 15 is 0 Å². The van der Waals surface area contributed by atoms with Gasteiger partial charge in [0.25, 0.3) is 0 Å². The molecule has 122 valence electrons. The Bertz CT molecular complexity index is 583. The molecule has 22 heavy (non-hydrogen) atoms. The summed E-state index contributed by atoms with van der Waals surface area (Å²) in [5.41, 5.74) is -2.09. The van der Waals surface area contributed by atoms with E-state index in [4.69, 9.17) is 4.74 Å². The van der Waals surface area contributed by atoms with Gasteiger partial charge in [0.05, 0.1) is 11.1 Å². The predicted molar refractivity (Wildman–Crippen MR) is 64.9 cm³/mol. The van der Waals surface area contributed by atoms with Crippen molar-refractivity contribution >= 4 is 0 Å². The first kappa shape index (κ1) is 15.4. The minimum atomic E-state index is -4.76. The number of ether oxygens (including phenoxy) is 1. The lowest BCUT2D eigenvalue weighted by molar-refractivity contribution is -0.138. The van der Waals surface area contributed by atoms with Crippen LogP contribution in [0.15, 0.2) is 6.20 Å². The molecule has 1 fully saturated rings.